The molecule has 0 fully saturated rings. The predicted molar refractivity (Wildman–Crippen MR) is 103 cm³/mol. The SMILES string of the molecule is CCCN(C)C[C@H]1OCc2cn(nn2)CCCC(=O)N([C@@H](C)CO)C[C@H]1C. The maximum atomic E-state index is 12.8. The van der Waals surface area contributed by atoms with Gasteiger partial charge >= 0.3 is 0 Å². The third-order valence-electron chi connectivity index (χ3n) is 5.14. The van der Waals surface area contributed by atoms with E-state index in [1.165, 1.54) is 0 Å². The average molecular weight is 382 g/mol. The van der Waals surface area contributed by atoms with Crippen molar-refractivity contribution in [3.8, 4) is 0 Å². The number of ether oxygens (including phenoxy) is 1. The van der Waals surface area contributed by atoms with Crippen molar-refractivity contribution in [2.45, 2.75) is 65.3 Å². The number of carbonyl (C=O) groups is 1. The largest absolute Gasteiger partial charge is 0.394 e. The highest BCUT2D eigenvalue weighted by Gasteiger charge is 2.27. The van der Waals surface area contributed by atoms with Crippen LogP contribution >= 0.6 is 0 Å². The molecule has 2 heterocycles. The second-order valence-electron chi connectivity index (χ2n) is 7.74. The Hall–Kier alpha value is -1.51. The van der Waals surface area contributed by atoms with E-state index in [1.807, 2.05) is 18.0 Å². The van der Waals surface area contributed by atoms with Crippen LogP contribution in [-0.2, 0) is 22.7 Å². The summed E-state index contributed by atoms with van der Waals surface area (Å²) in [7, 11) is 2.09. The summed E-state index contributed by atoms with van der Waals surface area (Å²) in [5.41, 5.74) is 0.816. The van der Waals surface area contributed by atoms with Crippen LogP contribution in [0.25, 0.3) is 0 Å². The molecule has 3 atom stereocenters. The molecule has 1 amide bonds. The summed E-state index contributed by atoms with van der Waals surface area (Å²) in [6, 6.07) is -0.198. The molecule has 1 aromatic rings. The molecule has 0 aromatic carbocycles. The Labute approximate surface area is 162 Å². The van der Waals surface area contributed by atoms with E-state index >= 15 is 0 Å². The minimum atomic E-state index is -0.198. The van der Waals surface area contributed by atoms with Gasteiger partial charge in [0.05, 0.1) is 31.6 Å². The van der Waals surface area contributed by atoms with Gasteiger partial charge in [0.2, 0.25) is 5.91 Å². The van der Waals surface area contributed by atoms with Gasteiger partial charge in [-0.3, -0.25) is 9.48 Å². The number of hydrogen-bond donors (Lipinski definition) is 1. The number of aliphatic hydroxyl groups is 1. The zero-order chi connectivity index (χ0) is 19.8. The topological polar surface area (TPSA) is 83.7 Å². The molecular weight excluding hydrogens is 346 g/mol. The van der Waals surface area contributed by atoms with E-state index in [-0.39, 0.29) is 30.6 Å². The van der Waals surface area contributed by atoms with E-state index in [0.717, 1.165) is 25.2 Å². The van der Waals surface area contributed by atoms with Crippen LogP contribution in [0.15, 0.2) is 6.20 Å². The summed E-state index contributed by atoms with van der Waals surface area (Å²) in [4.78, 5) is 16.8. The quantitative estimate of drug-likeness (QED) is 0.796. The second-order valence-corrected chi connectivity index (χ2v) is 7.74. The normalized spacial score (nSPS) is 23.6. The van der Waals surface area contributed by atoms with E-state index in [1.54, 1.807) is 4.68 Å². The van der Waals surface area contributed by atoms with Crippen LogP contribution in [0.3, 0.4) is 0 Å². The fourth-order valence-corrected chi connectivity index (χ4v) is 3.47. The summed E-state index contributed by atoms with van der Waals surface area (Å²) in [5, 5.41) is 17.9. The van der Waals surface area contributed by atoms with Gasteiger partial charge in [-0.25, -0.2) is 0 Å². The Morgan fingerprint density at radius 3 is 2.96 bits per heavy atom. The van der Waals surface area contributed by atoms with Gasteiger partial charge in [-0.05, 0) is 33.4 Å². The van der Waals surface area contributed by atoms with Gasteiger partial charge in [-0.2, -0.15) is 0 Å². The Bertz CT molecular complexity index is 579. The average Bonchev–Trinajstić information content (AvgIpc) is 3.09. The molecular formula is C19H35N5O3. The molecule has 8 nitrogen and oxygen atoms in total. The number of hydrogen-bond acceptors (Lipinski definition) is 6. The van der Waals surface area contributed by atoms with Gasteiger partial charge in [0.1, 0.15) is 5.69 Å². The molecule has 154 valence electrons. The van der Waals surface area contributed by atoms with E-state index < -0.39 is 0 Å². The molecule has 0 aliphatic carbocycles. The minimum Gasteiger partial charge on any atom is -0.394 e. The summed E-state index contributed by atoms with van der Waals surface area (Å²) >= 11 is 0. The maximum Gasteiger partial charge on any atom is 0.222 e. The molecule has 27 heavy (non-hydrogen) atoms. The summed E-state index contributed by atoms with van der Waals surface area (Å²) in [5.74, 6) is 0.210. The molecule has 1 aromatic heterocycles. The molecule has 0 saturated heterocycles. The zero-order valence-electron chi connectivity index (χ0n) is 17.2. The third-order valence-corrected chi connectivity index (χ3v) is 5.14. The van der Waals surface area contributed by atoms with Gasteiger partial charge in [-0.1, -0.05) is 19.1 Å². The number of amides is 1. The predicted octanol–water partition coefficient (Wildman–Crippen LogP) is 1.14. The van der Waals surface area contributed by atoms with Crippen molar-refractivity contribution in [2.75, 3.05) is 33.3 Å². The van der Waals surface area contributed by atoms with Crippen molar-refractivity contribution in [2.24, 2.45) is 5.92 Å². The number of aliphatic hydroxyl groups excluding tert-OH is 1. The molecule has 1 aliphatic heterocycles. The molecule has 2 rings (SSSR count). The van der Waals surface area contributed by atoms with Crippen LogP contribution in [0.1, 0.15) is 45.7 Å². The van der Waals surface area contributed by atoms with Crippen molar-refractivity contribution in [3.63, 3.8) is 0 Å². The van der Waals surface area contributed by atoms with Gasteiger partial charge in [-0.15, -0.1) is 5.10 Å². The molecule has 2 bridgehead atoms. The van der Waals surface area contributed by atoms with Crippen molar-refractivity contribution in [3.05, 3.63) is 11.9 Å². The summed E-state index contributed by atoms with van der Waals surface area (Å²) in [6.45, 7) is 9.57. The van der Waals surface area contributed by atoms with Crippen LogP contribution in [0.5, 0.6) is 0 Å². The fourth-order valence-electron chi connectivity index (χ4n) is 3.47. The number of rotatable bonds is 6. The molecule has 0 saturated carbocycles. The molecule has 1 N–H and O–H groups in total. The van der Waals surface area contributed by atoms with Crippen LogP contribution in [0.2, 0.25) is 0 Å². The Balaban J connectivity index is 2.19. The lowest BCUT2D eigenvalue weighted by Crippen LogP contribution is -2.47. The number of likely N-dealkylation sites (N-methyl/N-ethyl adjacent to an activating group) is 1. The van der Waals surface area contributed by atoms with Gasteiger partial charge in [0.15, 0.2) is 0 Å². The summed E-state index contributed by atoms with van der Waals surface area (Å²) < 4.78 is 7.99. The molecule has 8 heteroatoms. The third kappa shape index (κ3) is 6.55. The standard InChI is InChI=1S/C19H35N5O3/c1-5-8-22(4)12-18-15(2)10-24(16(3)13-25)19(26)7-6-9-23-11-17(14-27-18)20-21-23/h11,15-16,18,25H,5-10,12-14H2,1-4H3/t15-,16+,18-/m1/s1. The Morgan fingerprint density at radius 2 is 2.26 bits per heavy atom. The first-order chi connectivity index (χ1) is 12.9. The number of fused-ring (bicyclic) bond motifs is 2. The number of carbonyl (C=O) groups excluding carboxylic acids is 1. The van der Waals surface area contributed by atoms with E-state index in [9.17, 15) is 9.90 Å². The monoisotopic (exact) mass is 381 g/mol. The van der Waals surface area contributed by atoms with Crippen molar-refractivity contribution < 1.29 is 14.6 Å². The molecule has 1 aliphatic rings. The van der Waals surface area contributed by atoms with Gasteiger partial charge in [0, 0.05) is 32.0 Å². The Morgan fingerprint density at radius 1 is 1.48 bits per heavy atom. The second kappa shape index (κ2) is 10.7. The van der Waals surface area contributed by atoms with Crippen LogP contribution < -0.4 is 0 Å². The van der Waals surface area contributed by atoms with Gasteiger partial charge in [0.25, 0.3) is 0 Å². The smallest absolute Gasteiger partial charge is 0.222 e. The van der Waals surface area contributed by atoms with Crippen LogP contribution in [-0.4, -0.2) is 81.2 Å². The first-order valence-electron chi connectivity index (χ1n) is 10.0. The number of aryl methyl sites for hydroxylation is 1. The fraction of sp³-hybridized carbons (Fsp3) is 0.842. The van der Waals surface area contributed by atoms with Crippen molar-refractivity contribution in [1.29, 1.82) is 0 Å². The number of aromatic nitrogens is 3. The van der Waals surface area contributed by atoms with Gasteiger partial charge < -0.3 is 19.6 Å². The lowest BCUT2D eigenvalue weighted by Gasteiger charge is -2.35. The van der Waals surface area contributed by atoms with Crippen molar-refractivity contribution in [1.82, 2.24) is 24.8 Å². The first-order valence-corrected chi connectivity index (χ1v) is 10.0. The zero-order valence-corrected chi connectivity index (χ0v) is 17.2. The van der Waals surface area contributed by atoms with Crippen LogP contribution in [0.4, 0.5) is 0 Å². The van der Waals surface area contributed by atoms with Crippen LogP contribution in [0, 0.1) is 5.92 Å². The van der Waals surface area contributed by atoms with E-state index in [4.69, 9.17) is 4.74 Å². The summed E-state index contributed by atoms with van der Waals surface area (Å²) in [6.07, 6.45) is 4.09. The van der Waals surface area contributed by atoms with Crippen molar-refractivity contribution >= 4 is 5.91 Å². The first kappa shape index (κ1) is 21.8. The highest BCUT2D eigenvalue weighted by atomic mass is 16.5. The van der Waals surface area contributed by atoms with E-state index in [0.29, 0.717) is 32.5 Å². The molecule has 0 unspecified atom stereocenters. The number of nitrogens with zero attached hydrogens (tertiary/aromatic N) is 5. The molecule has 0 radical (unpaired) electrons. The lowest BCUT2D eigenvalue weighted by atomic mass is 10.0. The maximum absolute atomic E-state index is 12.8. The molecule has 0 spiro atoms. The highest BCUT2D eigenvalue weighted by Crippen LogP contribution is 2.17. The van der Waals surface area contributed by atoms with E-state index in [2.05, 4.69) is 36.1 Å². The lowest BCUT2D eigenvalue weighted by molar-refractivity contribution is -0.136. The minimum absolute atomic E-state index is 0.0337. The Kier molecular flexibility index (Phi) is 8.66. The highest BCUT2D eigenvalue weighted by molar-refractivity contribution is 5.76.